The van der Waals surface area contributed by atoms with Crippen molar-refractivity contribution in [1.29, 1.82) is 0 Å². The Morgan fingerprint density at radius 1 is 1.38 bits per heavy atom. The summed E-state index contributed by atoms with van der Waals surface area (Å²) in [6.07, 6.45) is -5.15. The predicted molar refractivity (Wildman–Crippen MR) is 84.1 cm³/mol. The van der Waals surface area contributed by atoms with E-state index >= 15 is 0 Å². The highest BCUT2D eigenvalue weighted by Crippen LogP contribution is 2.33. The number of ether oxygens (including phenoxy) is 1. The number of hydrogen-bond donors (Lipinski definition) is 2. The fraction of sp³-hybridized carbons (Fsp3) is 0.562. The number of anilines is 2. The Bertz CT molecular complexity index is 607. The van der Waals surface area contributed by atoms with Crippen molar-refractivity contribution in [2.45, 2.75) is 32.0 Å². The van der Waals surface area contributed by atoms with E-state index in [1.807, 2.05) is 0 Å². The highest BCUT2D eigenvalue weighted by Gasteiger charge is 2.52. The first kappa shape index (κ1) is 18.5. The summed E-state index contributed by atoms with van der Waals surface area (Å²) in [6, 6.07) is 4.93. The molecule has 0 bridgehead atoms. The smallest absolute Gasteiger partial charge is 0.382 e. The van der Waals surface area contributed by atoms with Gasteiger partial charge in [-0.15, -0.1) is 0 Å². The van der Waals surface area contributed by atoms with Crippen molar-refractivity contribution in [3.8, 4) is 0 Å². The van der Waals surface area contributed by atoms with E-state index in [1.54, 1.807) is 30.0 Å². The molecule has 1 aromatic carbocycles. The lowest BCUT2D eigenvalue weighted by atomic mass is 10.00. The zero-order valence-electron chi connectivity index (χ0n) is 13.6. The summed E-state index contributed by atoms with van der Waals surface area (Å²) in [6.45, 7) is 3.33. The number of benzene rings is 1. The van der Waals surface area contributed by atoms with Gasteiger partial charge in [-0.1, -0.05) is 6.92 Å². The van der Waals surface area contributed by atoms with Crippen molar-refractivity contribution in [2.75, 3.05) is 36.5 Å². The highest BCUT2D eigenvalue weighted by molar-refractivity contribution is 5.95. The Morgan fingerprint density at radius 2 is 2.08 bits per heavy atom. The first-order chi connectivity index (χ1) is 11.2. The van der Waals surface area contributed by atoms with Crippen LogP contribution in [0.3, 0.4) is 0 Å². The number of amides is 1. The van der Waals surface area contributed by atoms with Gasteiger partial charge in [0.05, 0.1) is 13.2 Å². The molecule has 8 heteroatoms. The molecule has 2 N–H and O–H groups in total. The third kappa shape index (κ3) is 3.81. The Labute approximate surface area is 138 Å². The van der Waals surface area contributed by atoms with E-state index in [9.17, 15) is 23.1 Å². The fourth-order valence-corrected chi connectivity index (χ4v) is 2.51. The number of aliphatic hydroxyl groups is 1. The second-order valence-electron chi connectivity index (χ2n) is 5.84. The van der Waals surface area contributed by atoms with E-state index in [4.69, 9.17) is 4.74 Å². The van der Waals surface area contributed by atoms with Crippen LogP contribution in [0.25, 0.3) is 0 Å². The summed E-state index contributed by atoms with van der Waals surface area (Å²) in [5.74, 6) is -0.150. The van der Waals surface area contributed by atoms with E-state index in [1.165, 1.54) is 6.92 Å². The van der Waals surface area contributed by atoms with Gasteiger partial charge in [-0.2, -0.15) is 13.2 Å². The molecule has 1 aromatic rings. The number of alkyl halides is 3. The van der Waals surface area contributed by atoms with Gasteiger partial charge in [-0.05, 0) is 37.1 Å². The summed E-state index contributed by atoms with van der Waals surface area (Å²) in [4.78, 5) is 13.5. The third-order valence-electron chi connectivity index (χ3n) is 4.17. The minimum absolute atomic E-state index is 0.0224. The number of carbonyl (C=O) groups excluding carboxylic acids is 1. The first-order valence-electron chi connectivity index (χ1n) is 7.69. The van der Waals surface area contributed by atoms with Crippen LogP contribution in [0.4, 0.5) is 24.5 Å². The second-order valence-corrected chi connectivity index (χ2v) is 5.84. The van der Waals surface area contributed by atoms with Gasteiger partial charge in [-0.3, -0.25) is 4.79 Å². The van der Waals surface area contributed by atoms with Crippen LogP contribution in [0.1, 0.15) is 18.9 Å². The maximum absolute atomic E-state index is 12.9. The normalized spacial score (nSPS) is 18.4. The molecular formula is C16H21F3N2O3. The van der Waals surface area contributed by atoms with Gasteiger partial charge >= 0.3 is 6.18 Å². The van der Waals surface area contributed by atoms with E-state index in [2.05, 4.69) is 5.32 Å². The van der Waals surface area contributed by atoms with Crippen molar-refractivity contribution < 1.29 is 27.8 Å². The quantitative estimate of drug-likeness (QED) is 0.860. The van der Waals surface area contributed by atoms with Gasteiger partial charge in [0.1, 0.15) is 6.61 Å². The van der Waals surface area contributed by atoms with Crippen molar-refractivity contribution >= 4 is 17.3 Å². The van der Waals surface area contributed by atoms with Crippen LogP contribution in [0.2, 0.25) is 0 Å². The SMILES string of the molecule is CCC(O)(CNc1ccc(N2CCOCC2=O)c(C)c1)C(F)(F)F. The molecule has 1 atom stereocenters. The summed E-state index contributed by atoms with van der Waals surface area (Å²) < 4.78 is 43.8. The van der Waals surface area contributed by atoms with Gasteiger partial charge in [0.25, 0.3) is 5.91 Å². The molecular weight excluding hydrogens is 325 g/mol. The number of nitrogens with zero attached hydrogens (tertiary/aromatic N) is 1. The molecule has 0 aromatic heterocycles. The van der Waals surface area contributed by atoms with Crippen molar-refractivity contribution in [3.05, 3.63) is 23.8 Å². The van der Waals surface area contributed by atoms with Gasteiger partial charge in [-0.25, -0.2) is 0 Å². The number of carbonyl (C=O) groups is 1. The number of nitrogens with one attached hydrogen (secondary N) is 1. The Morgan fingerprint density at radius 3 is 2.62 bits per heavy atom. The molecule has 0 aliphatic carbocycles. The lowest BCUT2D eigenvalue weighted by Crippen LogP contribution is -2.50. The van der Waals surface area contributed by atoms with Crippen LogP contribution in [-0.4, -0.2) is 49.1 Å². The van der Waals surface area contributed by atoms with E-state index in [0.29, 0.717) is 24.5 Å². The molecule has 1 fully saturated rings. The second kappa shape index (κ2) is 6.98. The summed E-state index contributed by atoms with van der Waals surface area (Å²) in [5, 5.41) is 12.4. The van der Waals surface area contributed by atoms with Gasteiger partial charge in [0.2, 0.25) is 0 Å². The number of morpholine rings is 1. The molecule has 1 unspecified atom stereocenters. The van der Waals surface area contributed by atoms with Gasteiger partial charge in [0.15, 0.2) is 5.60 Å². The average molecular weight is 346 g/mol. The van der Waals surface area contributed by atoms with E-state index in [0.717, 1.165) is 5.56 Å². The topological polar surface area (TPSA) is 61.8 Å². The summed E-state index contributed by atoms with van der Waals surface area (Å²) in [5.41, 5.74) is -0.870. The largest absolute Gasteiger partial charge is 0.418 e. The molecule has 0 spiro atoms. The Kier molecular flexibility index (Phi) is 5.39. The minimum atomic E-state index is -4.70. The van der Waals surface area contributed by atoms with E-state index < -0.39 is 24.7 Å². The lowest BCUT2D eigenvalue weighted by Gasteiger charge is -2.30. The van der Waals surface area contributed by atoms with Crippen LogP contribution in [0, 0.1) is 6.92 Å². The number of rotatable bonds is 5. The third-order valence-corrected chi connectivity index (χ3v) is 4.17. The van der Waals surface area contributed by atoms with Crippen LogP contribution >= 0.6 is 0 Å². The standard InChI is InChI=1S/C16H21F3N2O3/c1-3-15(23,16(17,18)19)10-20-12-4-5-13(11(2)8-12)21-6-7-24-9-14(21)22/h4-5,8,20,23H,3,6-7,9-10H2,1-2H3. The van der Waals surface area contributed by atoms with Crippen molar-refractivity contribution in [3.63, 3.8) is 0 Å². The van der Waals surface area contributed by atoms with Gasteiger partial charge < -0.3 is 20.1 Å². The fourth-order valence-electron chi connectivity index (χ4n) is 2.51. The number of hydrogen-bond acceptors (Lipinski definition) is 4. The van der Waals surface area contributed by atoms with Crippen LogP contribution in [0.15, 0.2) is 18.2 Å². The van der Waals surface area contributed by atoms with Gasteiger partial charge in [0, 0.05) is 17.9 Å². The monoisotopic (exact) mass is 346 g/mol. The zero-order chi connectivity index (χ0) is 18.0. The van der Waals surface area contributed by atoms with Crippen LogP contribution in [0.5, 0.6) is 0 Å². The maximum Gasteiger partial charge on any atom is 0.418 e. The molecule has 1 aliphatic rings. The molecule has 1 amide bonds. The molecule has 5 nitrogen and oxygen atoms in total. The van der Waals surface area contributed by atoms with Crippen LogP contribution < -0.4 is 10.2 Å². The molecule has 1 aliphatic heterocycles. The Hall–Kier alpha value is -1.80. The molecule has 2 rings (SSSR count). The summed E-state index contributed by atoms with van der Waals surface area (Å²) in [7, 11) is 0. The molecule has 134 valence electrons. The Balaban J connectivity index is 2.11. The van der Waals surface area contributed by atoms with Crippen molar-refractivity contribution in [1.82, 2.24) is 0 Å². The predicted octanol–water partition coefficient (Wildman–Crippen LogP) is 2.47. The summed E-state index contributed by atoms with van der Waals surface area (Å²) >= 11 is 0. The number of aryl methyl sites for hydroxylation is 1. The minimum Gasteiger partial charge on any atom is -0.382 e. The number of halogens is 3. The highest BCUT2D eigenvalue weighted by atomic mass is 19.4. The zero-order valence-corrected chi connectivity index (χ0v) is 13.6. The average Bonchev–Trinajstić information content (AvgIpc) is 2.52. The molecule has 24 heavy (non-hydrogen) atoms. The molecule has 0 radical (unpaired) electrons. The first-order valence-corrected chi connectivity index (χ1v) is 7.69. The molecule has 1 heterocycles. The van der Waals surface area contributed by atoms with Crippen LogP contribution in [-0.2, 0) is 9.53 Å². The maximum atomic E-state index is 12.9. The van der Waals surface area contributed by atoms with Crippen molar-refractivity contribution in [2.24, 2.45) is 0 Å². The van der Waals surface area contributed by atoms with E-state index in [-0.39, 0.29) is 12.5 Å². The molecule has 1 saturated heterocycles. The molecule has 0 saturated carbocycles. The lowest BCUT2D eigenvalue weighted by molar-refractivity contribution is -0.255.